The minimum Gasteiger partial charge on any atom is -0.350 e. The molecule has 5 nitrogen and oxygen atoms in total. The van der Waals surface area contributed by atoms with E-state index in [1.165, 1.54) is 12.0 Å². The zero-order valence-electron chi connectivity index (χ0n) is 19.7. The summed E-state index contributed by atoms with van der Waals surface area (Å²) in [6.07, 6.45) is 11.3. The first-order valence-electron chi connectivity index (χ1n) is 12.1. The van der Waals surface area contributed by atoms with Crippen LogP contribution in [0.25, 0.3) is 22.6 Å². The Morgan fingerprint density at radius 2 is 2.00 bits per heavy atom. The van der Waals surface area contributed by atoms with Crippen molar-refractivity contribution in [2.24, 2.45) is 7.05 Å². The van der Waals surface area contributed by atoms with Gasteiger partial charge in [0.2, 0.25) is 0 Å². The van der Waals surface area contributed by atoms with Crippen LogP contribution in [0, 0.1) is 0 Å². The van der Waals surface area contributed by atoms with E-state index in [4.69, 9.17) is 11.6 Å². The lowest BCUT2D eigenvalue weighted by molar-refractivity contribution is -0.113. The summed E-state index contributed by atoms with van der Waals surface area (Å²) in [5.74, 6) is 0.0192. The van der Waals surface area contributed by atoms with Crippen LogP contribution >= 0.6 is 11.6 Å². The van der Waals surface area contributed by atoms with Crippen molar-refractivity contribution in [3.8, 4) is 0 Å². The number of carbonyl (C=O) groups excluding carboxylic acids is 1. The number of hydrogen-bond acceptors (Lipinski definition) is 3. The Morgan fingerprint density at radius 3 is 2.86 bits per heavy atom. The van der Waals surface area contributed by atoms with Gasteiger partial charge in [-0.25, -0.2) is 0 Å². The Kier molecular flexibility index (Phi) is 5.67. The average Bonchev–Trinajstić information content (AvgIpc) is 3.34. The van der Waals surface area contributed by atoms with Crippen molar-refractivity contribution in [1.29, 1.82) is 0 Å². The average molecular weight is 483 g/mol. The van der Waals surface area contributed by atoms with Crippen LogP contribution in [-0.2, 0) is 11.8 Å². The van der Waals surface area contributed by atoms with E-state index in [2.05, 4.69) is 38.8 Å². The van der Waals surface area contributed by atoms with Gasteiger partial charge in [0.05, 0.1) is 12.4 Å². The number of benzene rings is 2. The molecule has 0 radical (unpaired) electrons. The zero-order chi connectivity index (χ0) is 23.9. The predicted molar refractivity (Wildman–Crippen MR) is 142 cm³/mol. The molecule has 1 amide bonds. The monoisotopic (exact) mass is 482 g/mol. The van der Waals surface area contributed by atoms with E-state index in [1.807, 2.05) is 66.8 Å². The molecule has 2 aromatic carbocycles. The number of hydrogen-bond donors (Lipinski definition) is 0. The second kappa shape index (κ2) is 8.99. The van der Waals surface area contributed by atoms with Gasteiger partial charge in [0, 0.05) is 70.9 Å². The number of para-hydroxylation sites is 1. The molecular formula is C29H27ClN4O. The van der Waals surface area contributed by atoms with E-state index < -0.39 is 0 Å². The molecule has 2 aliphatic rings. The summed E-state index contributed by atoms with van der Waals surface area (Å²) >= 11 is 6.41. The summed E-state index contributed by atoms with van der Waals surface area (Å²) in [6, 6.07) is 18.4. The predicted octanol–water partition coefficient (Wildman–Crippen LogP) is 6.30. The summed E-state index contributed by atoms with van der Waals surface area (Å²) in [5.41, 5.74) is 5.91. The largest absolute Gasteiger partial charge is 0.350 e. The number of aryl methyl sites for hydroxylation is 1. The number of aromatic nitrogens is 2. The van der Waals surface area contributed by atoms with Gasteiger partial charge in [-0.1, -0.05) is 48.4 Å². The highest BCUT2D eigenvalue weighted by Gasteiger charge is 2.36. The van der Waals surface area contributed by atoms with Gasteiger partial charge in [0.25, 0.3) is 5.91 Å². The van der Waals surface area contributed by atoms with Crippen LogP contribution in [0.5, 0.6) is 0 Å². The van der Waals surface area contributed by atoms with E-state index >= 15 is 0 Å². The van der Waals surface area contributed by atoms with Gasteiger partial charge in [-0.15, -0.1) is 0 Å². The number of fused-ring (bicyclic) bond motifs is 2. The molecule has 6 rings (SSSR count). The Balaban J connectivity index is 1.39. The molecule has 1 fully saturated rings. The van der Waals surface area contributed by atoms with Crippen LogP contribution in [0.4, 0.5) is 5.69 Å². The number of pyridine rings is 1. The molecule has 176 valence electrons. The SMILES string of the molecule is Cn1cc(/C=C2\C(=O)N(CN3CCCC[C@@H]3c3cccnc3)c3cc(Cl)ccc32)c2ccccc21. The molecule has 0 spiro atoms. The van der Waals surface area contributed by atoms with E-state index in [0.717, 1.165) is 47.1 Å². The molecule has 4 aromatic rings. The lowest BCUT2D eigenvalue weighted by Crippen LogP contribution is -2.43. The Labute approximate surface area is 210 Å². The van der Waals surface area contributed by atoms with E-state index in [9.17, 15) is 4.79 Å². The second-order valence-corrected chi connectivity index (χ2v) is 9.85. The molecule has 35 heavy (non-hydrogen) atoms. The molecule has 0 unspecified atom stereocenters. The van der Waals surface area contributed by atoms with Crippen molar-refractivity contribution in [3.63, 3.8) is 0 Å². The molecule has 2 aromatic heterocycles. The summed E-state index contributed by atoms with van der Waals surface area (Å²) in [4.78, 5) is 22.5. The summed E-state index contributed by atoms with van der Waals surface area (Å²) in [6.45, 7) is 1.47. The van der Waals surface area contributed by atoms with Gasteiger partial charge in [-0.2, -0.15) is 0 Å². The van der Waals surface area contributed by atoms with Crippen LogP contribution in [0.1, 0.15) is 42.0 Å². The molecule has 0 N–H and O–H groups in total. The third kappa shape index (κ3) is 3.95. The van der Waals surface area contributed by atoms with Crippen molar-refractivity contribution in [1.82, 2.24) is 14.5 Å². The van der Waals surface area contributed by atoms with Crippen molar-refractivity contribution < 1.29 is 4.79 Å². The van der Waals surface area contributed by atoms with E-state index in [0.29, 0.717) is 17.3 Å². The molecule has 1 saturated heterocycles. The molecule has 0 bridgehead atoms. The van der Waals surface area contributed by atoms with Crippen molar-refractivity contribution in [2.75, 3.05) is 18.1 Å². The van der Waals surface area contributed by atoms with Gasteiger partial charge in [-0.3, -0.25) is 19.6 Å². The third-order valence-corrected chi connectivity index (χ3v) is 7.48. The lowest BCUT2D eigenvalue weighted by Gasteiger charge is -2.38. The van der Waals surface area contributed by atoms with Gasteiger partial charge in [0.1, 0.15) is 0 Å². The summed E-state index contributed by atoms with van der Waals surface area (Å²) in [7, 11) is 2.04. The first-order chi connectivity index (χ1) is 17.1. The Bertz CT molecular complexity index is 1440. The maximum absolute atomic E-state index is 13.9. The Hall–Kier alpha value is -3.41. The summed E-state index contributed by atoms with van der Waals surface area (Å²) < 4.78 is 2.11. The van der Waals surface area contributed by atoms with Crippen LogP contribution in [-0.4, -0.2) is 33.6 Å². The number of nitrogens with zero attached hydrogens (tertiary/aromatic N) is 4. The number of anilines is 1. The maximum atomic E-state index is 13.9. The topological polar surface area (TPSA) is 41.4 Å². The number of piperidine rings is 1. The van der Waals surface area contributed by atoms with Gasteiger partial charge in [0.15, 0.2) is 0 Å². The molecule has 1 atom stereocenters. The zero-order valence-corrected chi connectivity index (χ0v) is 20.4. The normalized spacial score (nSPS) is 19.6. The van der Waals surface area contributed by atoms with Crippen molar-refractivity contribution >= 4 is 45.7 Å². The van der Waals surface area contributed by atoms with Crippen LogP contribution in [0.2, 0.25) is 5.02 Å². The van der Waals surface area contributed by atoms with Crippen molar-refractivity contribution in [3.05, 3.63) is 94.9 Å². The van der Waals surface area contributed by atoms with E-state index in [-0.39, 0.29) is 11.9 Å². The minimum atomic E-state index is 0.0192. The van der Waals surface area contributed by atoms with Crippen molar-refractivity contribution in [2.45, 2.75) is 25.3 Å². The van der Waals surface area contributed by atoms with E-state index in [1.54, 1.807) is 0 Å². The van der Waals surface area contributed by atoms with Crippen LogP contribution < -0.4 is 4.90 Å². The Morgan fingerprint density at radius 1 is 1.11 bits per heavy atom. The molecule has 0 aliphatic carbocycles. The number of carbonyl (C=O) groups is 1. The minimum absolute atomic E-state index is 0.0192. The van der Waals surface area contributed by atoms with Gasteiger partial charge >= 0.3 is 0 Å². The molecule has 4 heterocycles. The number of amides is 1. The highest BCUT2D eigenvalue weighted by Crippen LogP contribution is 2.41. The second-order valence-electron chi connectivity index (χ2n) is 9.42. The fraction of sp³-hybridized carbons (Fsp3) is 0.241. The number of halogens is 1. The quantitative estimate of drug-likeness (QED) is 0.320. The maximum Gasteiger partial charge on any atom is 0.260 e. The first kappa shape index (κ1) is 22.1. The smallest absolute Gasteiger partial charge is 0.260 e. The summed E-state index contributed by atoms with van der Waals surface area (Å²) in [5, 5.41) is 1.77. The highest BCUT2D eigenvalue weighted by molar-refractivity contribution is 6.37. The number of rotatable bonds is 4. The van der Waals surface area contributed by atoms with Crippen LogP contribution in [0.3, 0.4) is 0 Å². The van der Waals surface area contributed by atoms with Gasteiger partial charge < -0.3 is 4.57 Å². The molecule has 6 heteroatoms. The lowest BCUT2D eigenvalue weighted by atomic mass is 9.97. The highest BCUT2D eigenvalue weighted by atomic mass is 35.5. The number of likely N-dealkylation sites (tertiary alicyclic amines) is 1. The van der Waals surface area contributed by atoms with Crippen LogP contribution in [0.15, 0.2) is 73.2 Å². The molecular weight excluding hydrogens is 456 g/mol. The fourth-order valence-corrected chi connectivity index (χ4v) is 5.71. The molecule has 0 saturated carbocycles. The first-order valence-corrected chi connectivity index (χ1v) is 12.5. The standard InChI is InChI=1S/C29H27ClN4O/c1-32-18-21(23-8-2-3-10-27(23)32)15-25-24-12-11-22(30)16-28(24)34(29(25)35)19-33-14-5-4-9-26(33)20-7-6-13-31-17-20/h2-3,6-8,10-13,15-18,26H,4-5,9,14,19H2,1H3/b25-15-/t26-/m1/s1. The van der Waals surface area contributed by atoms with Gasteiger partial charge in [-0.05, 0) is 48.7 Å². The third-order valence-electron chi connectivity index (χ3n) is 7.25. The molecule has 2 aliphatic heterocycles. The fourth-order valence-electron chi connectivity index (χ4n) is 5.54.